The van der Waals surface area contributed by atoms with Crippen LogP contribution in [0.3, 0.4) is 0 Å². The van der Waals surface area contributed by atoms with Gasteiger partial charge in [0.15, 0.2) is 0 Å². The van der Waals surface area contributed by atoms with Gasteiger partial charge in [0.2, 0.25) is 0 Å². The van der Waals surface area contributed by atoms with Gasteiger partial charge in [-0.15, -0.1) is 0 Å². The molecule has 0 spiro atoms. The number of aromatic nitrogens is 1. The number of anilines is 1. The standard InChI is InChI=1S/C28H32N2O5S/c1-22-7-9-25(10-8-22)21-36(32,33)35-18-15-23-13-16-30(17-14-23)27-12-11-26(19-29-27)28(31)34-20-24-5-3-2-4-6-24/h2-12,19,23H,13-18,20-21H2,1H3. The molecule has 0 radical (unpaired) electrons. The van der Waals surface area contributed by atoms with E-state index < -0.39 is 16.1 Å². The first-order valence-corrected chi connectivity index (χ1v) is 13.8. The van der Waals surface area contributed by atoms with Gasteiger partial charge in [0.05, 0.1) is 12.2 Å². The van der Waals surface area contributed by atoms with Crippen molar-refractivity contribution in [2.24, 2.45) is 5.92 Å². The van der Waals surface area contributed by atoms with E-state index >= 15 is 0 Å². The van der Waals surface area contributed by atoms with Gasteiger partial charge in [-0.1, -0.05) is 60.2 Å². The van der Waals surface area contributed by atoms with E-state index in [1.807, 2.05) is 67.6 Å². The smallest absolute Gasteiger partial charge is 0.340 e. The Labute approximate surface area is 213 Å². The fraction of sp³-hybridized carbons (Fsp3) is 0.357. The predicted molar refractivity (Wildman–Crippen MR) is 139 cm³/mol. The lowest BCUT2D eigenvalue weighted by Gasteiger charge is -2.32. The molecule has 4 rings (SSSR count). The fourth-order valence-corrected chi connectivity index (χ4v) is 5.26. The number of aryl methyl sites for hydroxylation is 1. The molecule has 36 heavy (non-hydrogen) atoms. The minimum absolute atomic E-state index is 0.104. The first-order valence-electron chi connectivity index (χ1n) is 12.2. The van der Waals surface area contributed by atoms with Crippen molar-refractivity contribution in [2.45, 2.75) is 38.5 Å². The summed E-state index contributed by atoms with van der Waals surface area (Å²) in [4.78, 5) is 19.0. The molecule has 1 aliphatic heterocycles. The molecule has 0 saturated carbocycles. The molecule has 7 nitrogen and oxygen atoms in total. The number of rotatable bonds is 10. The predicted octanol–water partition coefficient (Wildman–Crippen LogP) is 4.90. The van der Waals surface area contributed by atoms with Crippen LogP contribution >= 0.6 is 0 Å². The Kier molecular flexibility index (Phi) is 8.72. The Morgan fingerprint density at radius 1 is 0.972 bits per heavy atom. The summed E-state index contributed by atoms with van der Waals surface area (Å²) < 4.78 is 35.2. The van der Waals surface area contributed by atoms with E-state index in [0.29, 0.717) is 17.9 Å². The van der Waals surface area contributed by atoms with Crippen LogP contribution in [0.25, 0.3) is 0 Å². The molecule has 0 unspecified atom stereocenters. The summed E-state index contributed by atoms with van der Waals surface area (Å²) in [5.41, 5.74) is 3.19. The van der Waals surface area contributed by atoms with E-state index in [-0.39, 0.29) is 19.0 Å². The molecule has 0 atom stereocenters. The van der Waals surface area contributed by atoms with Gasteiger partial charge in [0.25, 0.3) is 10.1 Å². The highest BCUT2D eigenvalue weighted by Gasteiger charge is 2.22. The first kappa shape index (κ1) is 25.9. The van der Waals surface area contributed by atoms with Crippen molar-refractivity contribution >= 4 is 21.9 Å². The number of piperidine rings is 1. The number of carbonyl (C=O) groups excluding carboxylic acids is 1. The molecule has 0 amide bonds. The van der Waals surface area contributed by atoms with E-state index in [1.54, 1.807) is 12.3 Å². The van der Waals surface area contributed by atoms with Crippen molar-refractivity contribution in [3.8, 4) is 0 Å². The molecule has 190 valence electrons. The minimum atomic E-state index is -3.59. The van der Waals surface area contributed by atoms with Crippen LogP contribution < -0.4 is 4.90 Å². The highest BCUT2D eigenvalue weighted by molar-refractivity contribution is 7.85. The molecule has 0 bridgehead atoms. The van der Waals surface area contributed by atoms with Crippen LogP contribution in [0.2, 0.25) is 0 Å². The zero-order valence-corrected chi connectivity index (χ0v) is 21.3. The van der Waals surface area contributed by atoms with Gasteiger partial charge in [0.1, 0.15) is 18.2 Å². The van der Waals surface area contributed by atoms with Crippen LogP contribution in [0, 0.1) is 12.8 Å². The van der Waals surface area contributed by atoms with Gasteiger partial charge in [-0.05, 0) is 55.4 Å². The minimum Gasteiger partial charge on any atom is -0.457 e. The van der Waals surface area contributed by atoms with Gasteiger partial charge in [-0.2, -0.15) is 8.42 Å². The molecular formula is C28H32N2O5S. The second-order valence-corrected chi connectivity index (χ2v) is 10.8. The zero-order valence-electron chi connectivity index (χ0n) is 20.5. The zero-order chi connectivity index (χ0) is 25.4. The molecule has 0 aliphatic carbocycles. The second-order valence-electron chi connectivity index (χ2n) is 9.20. The average Bonchev–Trinajstić information content (AvgIpc) is 2.89. The molecule has 0 N–H and O–H groups in total. The van der Waals surface area contributed by atoms with Crippen LogP contribution in [0.1, 0.15) is 46.3 Å². The van der Waals surface area contributed by atoms with Gasteiger partial charge in [-0.25, -0.2) is 9.78 Å². The molecule has 2 aromatic carbocycles. The van der Waals surface area contributed by atoms with Crippen LogP contribution in [-0.2, 0) is 31.4 Å². The number of benzene rings is 2. The molecule has 2 heterocycles. The molecule has 1 aromatic heterocycles. The van der Waals surface area contributed by atoms with E-state index in [4.69, 9.17) is 8.92 Å². The van der Waals surface area contributed by atoms with Crippen molar-refractivity contribution in [3.63, 3.8) is 0 Å². The first-order chi connectivity index (χ1) is 17.4. The fourth-order valence-electron chi connectivity index (χ4n) is 4.22. The van der Waals surface area contributed by atoms with Gasteiger partial charge in [-0.3, -0.25) is 4.18 Å². The summed E-state index contributed by atoms with van der Waals surface area (Å²) in [5, 5.41) is 0. The number of pyridine rings is 1. The highest BCUT2D eigenvalue weighted by atomic mass is 32.2. The lowest BCUT2D eigenvalue weighted by molar-refractivity contribution is 0.0472. The average molecular weight is 509 g/mol. The third kappa shape index (κ3) is 7.63. The lowest BCUT2D eigenvalue weighted by atomic mass is 9.94. The summed E-state index contributed by atoms with van der Waals surface area (Å²) in [7, 11) is -3.59. The molecular weight excluding hydrogens is 476 g/mol. The number of esters is 1. The van der Waals surface area contributed by atoms with Crippen LogP contribution in [0.4, 0.5) is 5.82 Å². The normalized spacial score (nSPS) is 14.5. The number of hydrogen-bond acceptors (Lipinski definition) is 7. The topological polar surface area (TPSA) is 85.8 Å². The van der Waals surface area contributed by atoms with E-state index in [1.165, 1.54) is 0 Å². The number of nitrogens with zero attached hydrogens (tertiary/aromatic N) is 2. The summed E-state index contributed by atoms with van der Waals surface area (Å²) >= 11 is 0. The Balaban J connectivity index is 1.18. The Morgan fingerprint density at radius 2 is 1.69 bits per heavy atom. The number of ether oxygens (including phenoxy) is 1. The number of carbonyl (C=O) groups is 1. The molecule has 3 aromatic rings. The van der Waals surface area contributed by atoms with Crippen LogP contribution in [0.5, 0.6) is 0 Å². The second kappa shape index (κ2) is 12.1. The van der Waals surface area contributed by atoms with Crippen molar-refractivity contribution in [1.82, 2.24) is 4.98 Å². The van der Waals surface area contributed by atoms with Crippen molar-refractivity contribution in [2.75, 3.05) is 24.6 Å². The van der Waals surface area contributed by atoms with Gasteiger partial charge < -0.3 is 9.64 Å². The third-order valence-corrected chi connectivity index (χ3v) is 7.60. The van der Waals surface area contributed by atoms with E-state index in [2.05, 4.69) is 9.88 Å². The SMILES string of the molecule is Cc1ccc(CS(=O)(=O)OCCC2CCN(c3ccc(C(=O)OCc4ccccc4)cn3)CC2)cc1. The van der Waals surface area contributed by atoms with Crippen molar-refractivity contribution < 1.29 is 22.1 Å². The van der Waals surface area contributed by atoms with E-state index in [9.17, 15) is 13.2 Å². The maximum Gasteiger partial charge on any atom is 0.340 e. The largest absolute Gasteiger partial charge is 0.457 e. The van der Waals surface area contributed by atoms with Crippen LogP contribution in [-0.4, -0.2) is 39.1 Å². The Hall–Kier alpha value is -3.23. The molecule has 1 fully saturated rings. The quantitative estimate of drug-likeness (QED) is 0.284. The summed E-state index contributed by atoms with van der Waals surface area (Å²) in [6.07, 6.45) is 4.13. The van der Waals surface area contributed by atoms with Crippen molar-refractivity contribution in [1.29, 1.82) is 0 Å². The summed E-state index contributed by atoms with van der Waals surface area (Å²) in [6.45, 7) is 4.05. The third-order valence-electron chi connectivity index (χ3n) is 6.39. The monoisotopic (exact) mass is 508 g/mol. The maximum absolute atomic E-state index is 12.3. The Bertz CT molecular complexity index is 1220. The summed E-state index contributed by atoms with van der Waals surface area (Å²) in [5.74, 6) is 0.731. The maximum atomic E-state index is 12.3. The highest BCUT2D eigenvalue weighted by Crippen LogP contribution is 2.25. The molecule has 1 aliphatic rings. The molecule has 8 heteroatoms. The summed E-state index contributed by atoms with van der Waals surface area (Å²) in [6, 6.07) is 20.6. The Morgan fingerprint density at radius 3 is 2.36 bits per heavy atom. The van der Waals surface area contributed by atoms with Crippen molar-refractivity contribution in [3.05, 3.63) is 95.2 Å². The van der Waals surface area contributed by atoms with Crippen LogP contribution in [0.15, 0.2) is 72.9 Å². The van der Waals surface area contributed by atoms with Gasteiger partial charge in [0, 0.05) is 19.3 Å². The lowest BCUT2D eigenvalue weighted by Crippen LogP contribution is -2.34. The van der Waals surface area contributed by atoms with E-state index in [0.717, 1.165) is 48.4 Å². The number of hydrogen-bond donors (Lipinski definition) is 0. The molecule has 1 saturated heterocycles. The van der Waals surface area contributed by atoms with Gasteiger partial charge >= 0.3 is 5.97 Å².